The van der Waals surface area contributed by atoms with Crippen molar-refractivity contribution in [1.29, 1.82) is 0 Å². The van der Waals surface area contributed by atoms with Gasteiger partial charge in [0.1, 0.15) is 18.0 Å². The van der Waals surface area contributed by atoms with E-state index in [1.165, 1.54) is 39.3 Å². The molecule has 170 valence electrons. The Kier molecular flexibility index (Phi) is 8.20. The van der Waals surface area contributed by atoms with Crippen molar-refractivity contribution in [3.05, 3.63) is 23.9 Å². The molecule has 0 bridgehead atoms. The Bertz CT molecular complexity index is 720. The molecule has 1 atom stereocenters. The maximum Gasteiger partial charge on any atom is 0.423 e. The van der Waals surface area contributed by atoms with E-state index in [-0.39, 0.29) is 12.2 Å². The van der Waals surface area contributed by atoms with Crippen LogP contribution in [0.5, 0.6) is 0 Å². The summed E-state index contributed by atoms with van der Waals surface area (Å²) in [7, 11) is 1.21. The monoisotopic (exact) mass is 445 g/mol. The van der Waals surface area contributed by atoms with Crippen molar-refractivity contribution >= 4 is 17.5 Å². The number of Topliss-reactive ketones (excluding diaryl/α,β-unsaturated/α-hetero) is 1. The Balaban J connectivity index is 3.03. The van der Waals surface area contributed by atoms with Gasteiger partial charge in [0.2, 0.25) is 6.10 Å². The van der Waals surface area contributed by atoms with Crippen molar-refractivity contribution in [2.45, 2.75) is 50.4 Å². The molecule has 0 spiro atoms. The van der Waals surface area contributed by atoms with E-state index in [1.54, 1.807) is 0 Å². The number of alkyl halides is 6. The molecule has 1 unspecified atom stereocenters. The molecule has 30 heavy (non-hydrogen) atoms. The molecule has 0 aliphatic heterocycles. The Hall–Kier alpha value is -2.41. The van der Waals surface area contributed by atoms with E-state index in [0.29, 0.717) is 5.56 Å². The maximum absolute atomic E-state index is 12.6. The lowest BCUT2D eigenvalue weighted by molar-refractivity contribution is -0.319. The van der Waals surface area contributed by atoms with Crippen molar-refractivity contribution < 1.29 is 45.4 Å². The molecule has 1 aromatic rings. The Labute approximate surface area is 167 Å². The van der Waals surface area contributed by atoms with Crippen molar-refractivity contribution in [2.24, 2.45) is 0 Å². The summed E-state index contributed by atoms with van der Waals surface area (Å²) in [6.07, 6.45) is -14.7. The number of hydrogen-bond donors (Lipinski definition) is 2. The van der Waals surface area contributed by atoms with Gasteiger partial charge in [-0.3, -0.25) is 9.59 Å². The highest BCUT2D eigenvalue weighted by atomic mass is 19.4. The van der Waals surface area contributed by atoms with E-state index in [1.807, 2.05) is 0 Å². The summed E-state index contributed by atoms with van der Waals surface area (Å²) in [5, 5.41) is 2.26. The Morgan fingerprint density at radius 1 is 1.13 bits per heavy atom. The van der Waals surface area contributed by atoms with Gasteiger partial charge in [0.15, 0.2) is 5.78 Å². The number of carbonyl (C=O) groups is 2. The van der Waals surface area contributed by atoms with Gasteiger partial charge in [-0.05, 0) is 25.5 Å². The first-order chi connectivity index (χ1) is 13.6. The van der Waals surface area contributed by atoms with Crippen molar-refractivity contribution in [2.75, 3.05) is 19.5 Å². The average molecular weight is 445 g/mol. The molecule has 0 saturated carbocycles. The van der Waals surface area contributed by atoms with Crippen LogP contribution < -0.4 is 11.1 Å². The van der Waals surface area contributed by atoms with Crippen LogP contribution in [0.3, 0.4) is 0 Å². The number of nitrogen functional groups attached to an aromatic ring is 1. The third-order valence-corrected chi connectivity index (χ3v) is 4.03. The number of pyridine rings is 1. The van der Waals surface area contributed by atoms with Crippen LogP contribution in [0.1, 0.15) is 19.4 Å². The Morgan fingerprint density at radius 3 is 2.13 bits per heavy atom. The van der Waals surface area contributed by atoms with Crippen LogP contribution in [0.2, 0.25) is 0 Å². The first-order valence-corrected chi connectivity index (χ1v) is 8.42. The first-order valence-electron chi connectivity index (χ1n) is 8.42. The van der Waals surface area contributed by atoms with E-state index in [9.17, 15) is 35.9 Å². The van der Waals surface area contributed by atoms with Crippen molar-refractivity contribution in [3.8, 4) is 0 Å². The molecule has 1 amide bonds. The summed E-state index contributed by atoms with van der Waals surface area (Å²) < 4.78 is 84.4. The number of methoxy groups -OCH3 is 1. The Morgan fingerprint density at radius 2 is 1.70 bits per heavy atom. The number of halogens is 6. The van der Waals surface area contributed by atoms with E-state index < -0.39 is 48.4 Å². The van der Waals surface area contributed by atoms with Crippen LogP contribution in [0.4, 0.5) is 32.2 Å². The zero-order chi connectivity index (χ0) is 23.3. The molecule has 1 aromatic heterocycles. The summed E-state index contributed by atoms with van der Waals surface area (Å²) >= 11 is 0. The van der Waals surface area contributed by atoms with Gasteiger partial charge in [0.25, 0.3) is 5.91 Å². The van der Waals surface area contributed by atoms with Gasteiger partial charge in [-0.25, -0.2) is 4.98 Å². The predicted molar refractivity (Wildman–Crippen MR) is 92.2 cm³/mol. The van der Waals surface area contributed by atoms with Gasteiger partial charge in [0.05, 0.1) is 6.04 Å². The van der Waals surface area contributed by atoms with Crippen LogP contribution in [-0.4, -0.2) is 60.5 Å². The number of nitrogens with one attached hydrogen (secondary N) is 1. The number of ether oxygens (including phenoxy) is 2. The highest BCUT2D eigenvalue weighted by Gasteiger charge is 2.58. The molecular formula is C17H21F6N3O4. The number of amides is 1. The van der Waals surface area contributed by atoms with Gasteiger partial charge in [0, 0.05) is 19.7 Å². The number of rotatable bonds is 9. The number of carbonyl (C=O) groups excluding carboxylic acids is 2. The van der Waals surface area contributed by atoms with Gasteiger partial charge < -0.3 is 20.5 Å². The second-order valence-electron chi connectivity index (χ2n) is 6.78. The average Bonchev–Trinajstić information content (AvgIpc) is 2.60. The van der Waals surface area contributed by atoms with Crippen LogP contribution in [0.25, 0.3) is 0 Å². The van der Waals surface area contributed by atoms with E-state index in [4.69, 9.17) is 10.5 Å². The fraction of sp³-hybridized carbons (Fsp3) is 0.588. The zero-order valence-corrected chi connectivity index (χ0v) is 16.2. The number of anilines is 1. The van der Waals surface area contributed by atoms with E-state index in [2.05, 4.69) is 15.0 Å². The summed E-state index contributed by atoms with van der Waals surface area (Å²) in [5.74, 6) is -1.87. The normalized spacial score (nSPS) is 13.9. The van der Waals surface area contributed by atoms with E-state index >= 15 is 0 Å². The number of hydrogen-bond acceptors (Lipinski definition) is 6. The topological polar surface area (TPSA) is 104 Å². The molecule has 1 heterocycles. The highest BCUT2D eigenvalue weighted by molar-refractivity contribution is 5.92. The van der Waals surface area contributed by atoms with Gasteiger partial charge in [-0.1, -0.05) is 6.07 Å². The summed E-state index contributed by atoms with van der Waals surface area (Å²) in [6.45, 7) is 1.17. The van der Waals surface area contributed by atoms with Crippen LogP contribution in [-0.2, 0) is 25.5 Å². The molecule has 3 N–H and O–H groups in total. The third-order valence-electron chi connectivity index (χ3n) is 4.03. The highest BCUT2D eigenvalue weighted by Crippen LogP contribution is 2.35. The second kappa shape index (κ2) is 9.60. The summed E-state index contributed by atoms with van der Waals surface area (Å²) in [4.78, 5) is 28.4. The van der Waals surface area contributed by atoms with Gasteiger partial charge >= 0.3 is 12.4 Å². The van der Waals surface area contributed by atoms with Crippen LogP contribution in [0, 0.1) is 0 Å². The lowest BCUT2D eigenvalue weighted by Crippen LogP contribution is -2.53. The zero-order valence-electron chi connectivity index (χ0n) is 16.2. The SMILES string of the molecule is COC(C)(C)C(=O)NC(Cc1ccc(N)nc1)C(=O)COC(C(F)(F)F)C(F)(F)F. The number of nitrogens with two attached hydrogens (primary N) is 1. The van der Waals surface area contributed by atoms with Crippen molar-refractivity contribution in [3.63, 3.8) is 0 Å². The summed E-state index contributed by atoms with van der Waals surface area (Å²) in [5.41, 5.74) is 4.37. The molecule has 0 aliphatic rings. The second-order valence-corrected chi connectivity index (χ2v) is 6.78. The minimum Gasteiger partial charge on any atom is -0.384 e. The predicted octanol–water partition coefficient (Wildman–Crippen LogP) is 2.19. The molecule has 0 fully saturated rings. The minimum absolute atomic E-state index is 0.146. The standard InChI is InChI=1S/C17H21F6N3O4/c1-15(2,29-3)14(28)26-10(6-9-4-5-12(24)25-7-9)11(27)8-30-13(16(18,19)20)17(21,22)23/h4-5,7,10,13H,6,8H2,1-3H3,(H2,24,25)(H,26,28). The summed E-state index contributed by atoms with van der Waals surface area (Å²) in [6, 6.07) is 1.31. The van der Waals surface area contributed by atoms with Gasteiger partial charge in [-0.2, -0.15) is 26.3 Å². The van der Waals surface area contributed by atoms with E-state index in [0.717, 1.165) is 0 Å². The minimum atomic E-state index is -5.77. The van der Waals surface area contributed by atoms with Gasteiger partial charge in [-0.15, -0.1) is 0 Å². The molecule has 0 aliphatic carbocycles. The molecule has 0 aromatic carbocycles. The van der Waals surface area contributed by atoms with Crippen molar-refractivity contribution in [1.82, 2.24) is 10.3 Å². The molecular weight excluding hydrogens is 424 g/mol. The van der Waals surface area contributed by atoms with Crippen LogP contribution >= 0.6 is 0 Å². The van der Waals surface area contributed by atoms with Crippen LogP contribution in [0.15, 0.2) is 18.3 Å². The smallest absolute Gasteiger partial charge is 0.384 e. The molecule has 13 heteroatoms. The molecule has 1 rings (SSSR count). The number of nitrogens with zero attached hydrogens (tertiary/aromatic N) is 1. The lowest BCUT2D eigenvalue weighted by Gasteiger charge is -2.27. The maximum atomic E-state index is 12.6. The molecule has 7 nitrogen and oxygen atoms in total. The molecule has 0 radical (unpaired) electrons. The third kappa shape index (κ3) is 7.44. The molecule has 0 saturated heterocycles. The lowest BCUT2D eigenvalue weighted by atomic mass is 10.0. The fourth-order valence-corrected chi connectivity index (χ4v) is 2.10. The quantitative estimate of drug-likeness (QED) is 0.565. The first kappa shape index (κ1) is 25.6. The largest absolute Gasteiger partial charge is 0.423 e. The number of aromatic nitrogens is 1. The number of ketones is 1. The fourth-order valence-electron chi connectivity index (χ4n) is 2.10.